The molecular weight excluding hydrogens is 222 g/mol. The van der Waals surface area contributed by atoms with E-state index in [1.54, 1.807) is 0 Å². The van der Waals surface area contributed by atoms with Gasteiger partial charge in [0.05, 0.1) is 0 Å². The van der Waals surface area contributed by atoms with Gasteiger partial charge in [0.25, 0.3) is 0 Å². The van der Waals surface area contributed by atoms with Crippen molar-refractivity contribution in [2.75, 3.05) is 33.2 Å². The lowest BCUT2D eigenvalue weighted by molar-refractivity contribution is 0.0194. The molecule has 2 fully saturated rings. The fourth-order valence-corrected chi connectivity index (χ4v) is 3.44. The van der Waals surface area contributed by atoms with E-state index in [1.807, 2.05) is 0 Å². The normalized spacial score (nSPS) is 37.0. The molecule has 2 atom stereocenters. The van der Waals surface area contributed by atoms with Crippen LogP contribution in [-0.4, -0.2) is 60.6 Å². The molecule has 1 N–H and O–H groups in total. The minimum absolute atomic E-state index is 0.328. The number of piperazine rings is 1. The van der Waals surface area contributed by atoms with Crippen molar-refractivity contribution in [2.24, 2.45) is 0 Å². The average molecular weight is 253 g/mol. The van der Waals surface area contributed by atoms with Crippen LogP contribution in [0.3, 0.4) is 0 Å². The average Bonchev–Trinajstić information content (AvgIpc) is 2.40. The van der Waals surface area contributed by atoms with Crippen LogP contribution in [0.2, 0.25) is 0 Å². The van der Waals surface area contributed by atoms with Crippen LogP contribution in [0.4, 0.5) is 0 Å². The monoisotopic (exact) mass is 253 g/mol. The zero-order valence-corrected chi connectivity index (χ0v) is 12.7. The van der Waals surface area contributed by atoms with Crippen LogP contribution in [0, 0.1) is 0 Å². The number of likely N-dealkylation sites (tertiary alicyclic amines) is 1. The van der Waals surface area contributed by atoms with E-state index in [0.29, 0.717) is 5.54 Å². The second kappa shape index (κ2) is 5.89. The van der Waals surface area contributed by atoms with E-state index in [2.05, 4.69) is 42.9 Å². The maximum Gasteiger partial charge on any atom is 0.0278 e. The molecule has 0 spiro atoms. The Kier molecular flexibility index (Phi) is 4.68. The molecular formula is C15H31N3. The molecule has 2 rings (SSSR count). The second-order valence-electron chi connectivity index (χ2n) is 6.56. The number of rotatable bonds is 3. The fourth-order valence-electron chi connectivity index (χ4n) is 3.44. The minimum Gasteiger partial charge on any atom is -0.309 e. The lowest BCUT2D eigenvalue weighted by Gasteiger charge is -2.50. The van der Waals surface area contributed by atoms with Crippen LogP contribution in [-0.2, 0) is 0 Å². The highest BCUT2D eigenvalue weighted by Gasteiger charge is 2.37. The van der Waals surface area contributed by atoms with Gasteiger partial charge < -0.3 is 10.2 Å². The summed E-state index contributed by atoms with van der Waals surface area (Å²) in [5, 5.41) is 3.77. The molecule has 2 heterocycles. The van der Waals surface area contributed by atoms with Gasteiger partial charge in [0.15, 0.2) is 0 Å². The van der Waals surface area contributed by atoms with E-state index >= 15 is 0 Å². The summed E-state index contributed by atoms with van der Waals surface area (Å²) in [5.74, 6) is 0. The molecule has 0 bridgehead atoms. The molecule has 2 saturated heterocycles. The topological polar surface area (TPSA) is 18.5 Å². The highest BCUT2D eigenvalue weighted by molar-refractivity contribution is 4.97. The van der Waals surface area contributed by atoms with Crippen LogP contribution >= 0.6 is 0 Å². The predicted molar refractivity (Wildman–Crippen MR) is 78.0 cm³/mol. The van der Waals surface area contributed by atoms with Gasteiger partial charge >= 0.3 is 0 Å². The third kappa shape index (κ3) is 3.06. The zero-order chi connectivity index (χ0) is 13.2. The standard InChI is InChI=1S/C15H31N3/c1-5-13-11-16-15(3,6-2)12-18(13)14-7-9-17(4)10-8-14/h13-14,16H,5-12H2,1-4H3. The molecule has 3 heteroatoms. The summed E-state index contributed by atoms with van der Waals surface area (Å²) >= 11 is 0. The molecule has 2 aliphatic rings. The first-order valence-corrected chi connectivity index (χ1v) is 7.77. The first kappa shape index (κ1) is 14.3. The van der Waals surface area contributed by atoms with Gasteiger partial charge in [0.1, 0.15) is 0 Å². The smallest absolute Gasteiger partial charge is 0.0278 e. The Hall–Kier alpha value is -0.120. The van der Waals surface area contributed by atoms with Crippen molar-refractivity contribution in [1.29, 1.82) is 0 Å². The van der Waals surface area contributed by atoms with Gasteiger partial charge in [-0.3, -0.25) is 4.90 Å². The molecule has 106 valence electrons. The molecule has 2 aliphatic heterocycles. The molecule has 0 aliphatic carbocycles. The van der Waals surface area contributed by atoms with E-state index < -0.39 is 0 Å². The van der Waals surface area contributed by atoms with Gasteiger partial charge in [-0.2, -0.15) is 0 Å². The molecule has 0 radical (unpaired) electrons. The quantitative estimate of drug-likeness (QED) is 0.829. The predicted octanol–water partition coefficient (Wildman–Crippen LogP) is 1.93. The Morgan fingerprint density at radius 1 is 1.22 bits per heavy atom. The summed E-state index contributed by atoms with van der Waals surface area (Å²) < 4.78 is 0. The van der Waals surface area contributed by atoms with Gasteiger partial charge in [-0.05, 0) is 52.7 Å². The summed E-state index contributed by atoms with van der Waals surface area (Å²) in [5.41, 5.74) is 0.328. The molecule has 2 unspecified atom stereocenters. The first-order chi connectivity index (χ1) is 8.58. The Morgan fingerprint density at radius 2 is 1.89 bits per heavy atom. The maximum atomic E-state index is 3.77. The maximum absolute atomic E-state index is 3.77. The Morgan fingerprint density at radius 3 is 2.44 bits per heavy atom. The van der Waals surface area contributed by atoms with E-state index in [4.69, 9.17) is 0 Å². The Bertz CT molecular complexity index is 260. The van der Waals surface area contributed by atoms with Gasteiger partial charge in [-0.25, -0.2) is 0 Å². The molecule has 0 aromatic heterocycles. The van der Waals surface area contributed by atoms with Gasteiger partial charge in [0, 0.05) is 30.7 Å². The van der Waals surface area contributed by atoms with Crippen molar-refractivity contribution in [1.82, 2.24) is 15.1 Å². The van der Waals surface area contributed by atoms with Crippen molar-refractivity contribution >= 4 is 0 Å². The van der Waals surface area contributed by atoms with Crippen LogP contribution in [0.5, 0.6) is 0 Å². The largest absolute Gasteiger partial charge is 0.309 e. The van der Waals surface area contributed by atoms with E-state index in [9.17, 15) is 0 Å². The summed E-state index contributed by atoms with van der Waals surface area (Å²) in [7, 11) is 2.25. The number of nitrogens with zero attached hydrogens (tertiary/aromatic N) is 2. The highest BCUT2D eigenvalue weighted by Crippen LogP contribution is 2.26. The van der Waals surface area contributed by atoms with Gasteiger partial charge in [-0.1, -0.05) is 13.8 Å². The van der Waals surface area contributed by atoms with E-state index in [0.717, 1.165) is 12.1 Å². The number of nitrogens with one attached hydrogen (secondary N) is 1. The number of hydrogen-bond acceptors (Lipinski definition) is 3. The van der Waals surface area contributed by atoms with Crippen molar-refractivity contribution in [3.8, 4) is 0 Å². The van der Waals surface area contributed by atoms with Crippen molar-refractivity contribution in [3.63, 3.8) is 0 Å². The Balaban J connectivity index is 2.02. The lowest BCUT2D eigenvalue weighted by atomic mass is 9.89. The lowest BCUT2D eigenvalue weighted by Crippen LogP contribution is -2.65. The third-order valence-corrected chi connectivity index (χ3v) is 5.17. The number of piperidine rings is 1. The summed E-state index contributed by atoms with van der Waals surface area (Å²) in [6.07, 6.45) is 5.21. The Labute approximate surface area is 113 Å². The summed E-state index contributed by atoms with van der Waals surface area (Å²) in [4.78, 5) is 5.30. The van der Waals surface area contributed by atoms with E-state index in [-0.39, 0.29) is 0 Å². The zero-order valence-electron chi connectivity index (χ0n) is 12.7. The minimum atomic E-state index is 0.328. The van der Waals surface area contributed by atoms with Gasteiger partial charge in [-0.15, -0.1) is 0 Å². The van der Waals surface area contributed by atoms with Crippen LogP contribution < -0.4 is 5.32 Å². The summed E-state index contributed by atoms with van der Waals surface area (Å²) in [6, 6.07) is 1.57. The van der Waals surface area contributed by atoms with Crippen molar-refractivity contribution in [2.45, 2.75) is 64.1 Å². The van der Waals surface area contributed by atoms with Crippen LogP contribution in [0.15, 0.2) is 0 Å². The molecule has 18 heavy (non-hydrogen) atoms. The molecule has 0 aromatic rings. The highest BCUT2D eigenvalue weighted by atomic mass is 15.3. The molecule has 0 amide bonds. The SMILES string of the molecule is CCC1CNC(C)(CC)CN1C1CCN(C)CC1. The van der Waals surface area contributed by atoms with Crippen LogP contribution in [0.1, 0.15) is 46.5 Å². The van der Waals surface area contributed by atoms with Gasteiger partial charge in [0.2, 0.25) is 0 Å². The second-order valence-corrected chi connectivity index (χ2v) is 6.56. The van der Waals surface area contributed by atoms with E-state index in [1.165, 1.54) is 51.9 Å². The number of hydrogen-bond donors (Lipinski definition) is 1. The third-order valence-electron chi connectivity index (χ3n) is 5.17. The molecule has 0 saturated carbocycles. The summed E-state index contributed by atoms with van der Waals surface area (Å²) in [6.45, 7) is 12.0. The fraction of sp³-hybridized carbons (Fsp3) is 1.00. The molecule has 3 nitrogen and oxygen atoms in total. The first-order valence-electron chi connectivity index (χ1n) is 7.77. The van der Waals surface area contributed by atoms with Crippen molar-refractivity contribution < 1.29 is 0 Å². The molecule has 0 aromatic carbocycles. The van der Waals surface area contributed by atoms with Crippen LogP contribution in [0.25, 0.3) is 0 Å². The van der Waals surface area contributed by atoms with Crippen molar-refractivity contribution in [3.05, 3.63) is 0 Å².